The molecule has 0 bridgehead atoms. The number of phenolic OH excluding ortho intramolecular Hbond substituents is 1. The molecule has 3 aromatic rings. The summed E-state index contributed by atoms with van der Waals surface area (Å²) in [5.41, 5.74) is 4.94. The molecule has 1 spiro atoms. The Morgan fingerprint density at radius 2 is 1.92 bits per heavy atom. The van der Waals surface area contributed by atoms with Gasteiger partial charge in [0.05, 0.1) is 31.8 Å². The highest BCUT2D eigenvalue weighted by Gasteiger charge is 2.40. The van der Waals surface area contributed by atoms with Crippen molar-refractivity contribution in [1.82, 2.24) is 20.1 Å². The second kappa shape index (κ2) is 18.0. The van der Waals surface area contributed by atoms with Crippen LogP contribution in [0.5, 0.6) is 11.5 Å². The van der Waals surface area contributed by atoms with Crippen LogP contribution in [0.3, 0.4) is 0 Å². The fourth-order valence-electron chi connectivity index (χ4n) is 7.34. The third-order valence-electron chi connectivity index (χ3n) is 10.3. The molecule has 52 heavy (non-hydrogen) atoms. The zero-order chi connectivity index (χ0) is 36.3. The van der Waals surface area contributed by atoms with E-state index in [0.717, 1.165) is 70.0 Å². The van der Waals surface area contributed by atoms with Gasteiger partial charge in [-0.2, -0.15) is 0 Å². The van der Waals surface area contributed by atoms with Crippen molar-refractivity contribution in [2.75, 3.05) is 89.0 Å². The minimum Gasteiger partial charge on any atom is -0.506 e. The normalized spacial score (nSPS) is 17.0. The van der Waals surface area contributed by atoms with E-state index in [4.69, 9.17) is 14.2 Å². The van der Waals surface area contributed by atoms with Gasteiger partial charge >= 0.3 is 0 Å². The number of phenols is 1. The molecule has 0 saturated carbocycles. The molecule has 3 aliphatic heterocycles. The zero-order valence-corrected chi connectivity index (χ0v) is 30.7. The van der Waals surface area contributed by atoms with E-state index in [9.17, 15) is 14.7 Å². The Morgan fingerprint density at radius 3 is 2.75 bits per heavy atom. The van der Waals surface area contributed by atoms with Crippen molar-refractivity contribution < 1.29 is 28.9 Å². The Bertz CT molecular complexity index is 1660. The fraction of sp³-hybridized carbons (Fsp3) is 0.525. The standard InChI is InChI=1S/C40H54N6O6/c1-3-45(20-17-41-15-10-33-7-8-34(47)38-39(33)51-28-36(48)43-38)37(49)12-23-50-22-11-31-5-4-6-32(26-31)27-44-18-13-40(14-19-44)29-46(21-24-52-40)35-25-30(2)9-16-42-35/h4-9,16,25-26,41,47H,3,10-15,17-24,27-29H2,1-2H3,(H,43,48). The van der Waals surface area contributed by atoms with Crippen LogP contribution < -0.4 is 20.3 Å². The maximum Gasteiger partial charge on any atom is 0.262 e. The molecule has 12 heteroatoms. The summed E-state index contributed by atoms with van der Waals surface area (Å²) in [6.45, 7) is 13.1. The van der Waals surface area contributed by atoms with Gasteiger partial charge in [0, 0.05) is 58.6 Å². The number of hydrogen-bond acceptors (Lipinski definition) is 10. The molecule has 2 fully saturated rings. The van der Waals surface area contributed by atoms with Crippen LogP contribution in [0, 0.1) is 6.92 Å². The van der Waals surface area contributed by atoms with E-state index in [1.54, 1.807) is 12.1 Å². The van der Waals surface area contributed by atoms with Crippen LogP contribution in [0.25, 0.3) is 0 Å². The number of pyridine rings is 1. The van der Waals surface area contributed by atoms with Gasteiger partial charge in [-0.3, -0.25) is 14.5 Å². The maximum absolute atomic E-state index is 12.9. The number of aryl methyl sites for hydroxylation is 1. The second-order valence-electron chi connectivity index (χ2n) is 14.1. The number of nitrogens with zero attached hydrogens (tertiary/aromatic N) is 4. The fourth-order valence-corrected chi connectivity index (χ4v) is 7.34. The van der Waals surface area contributed by atoms with Crippen LogP contribution >= 0.6 is 0 Å². The predicted molar refractivity (Wildman–Crippen MR) is 201 cm³/mol. The van der Waals surface area contributed by atoms with Crippen LogP contribution in [0.1, 0.15) is 48.4 Å². The summed E-state index contributed by atoms with van der Waals surface area (Å²) in [7, 11) is 0. The number of nitrogens with one attached hydrogen (secondary N) is 2. The lowest BCUT2D eigenvalue weighted by Gasteiger charge is -2.47. The van der Waals surface area contributed by atoms with E-state index in [-0.39, 0.29) is 29.8 Å². The van der Waals surface area contributed by atoms with Gasteiger partial charge in [-0.15, -0.1) is 0 Å². The second-order valence-corrected chi connectivity index (χ2v) is 14.1. The minimum atomic E-state index is -0.282. The molecule has 0 atom stereocenters. The average molecular weight is 715 g/mol. The number of aromatic hydroxyl groups is 1. The number of anilines is 2. The van der Waals surface area contributed by atoms with Gasteiger partial charge in [-0.1, -0.05) is 30.3 Å². The highest BCUT2D eigenvalue weighted by molar-refractivity contribution is 5.97. The summed E-state index contributed by atoms with van der Waals surface area (Å²) in [5.74, 6) is 1.37. The van der Waals surface area contributed by atoms with Crippen LogP contribution in [-0.2, 0) is 38.4 Å². The Hall–Kier alpha value is -4.23. The van der Waals surface area contributed by atoms with Gasteiger partial charge in [0.1, 0.15) is 17.3 Å². The third kappa shape index (κ3) is 10.0. The molecule has 0 unspecified atom stereocenters. The number of likely N-dealkylation sites (N-methyl/N-ethyl adjacent to an activating group) is 1. The summed E-state index contributed by atoms with van der Waals surface area (Å²) in [6.07, 6.45) is 5.77. The molecule has 280 valence electrons. The number of rotatable bonds is 16. The highest BCUT2D eigenvalue weighted by Crippen LogP contribution is 2.39. The third-order valence-corrected chi connectivity index (χ3v) is 10.3. The van der Waals surface area contributed by atoms with Gasteiger partial charge in [-0.05, 0) is 86.5 Å². The van der Waals surface area contributed by atoms with E-state index in [1.165, 1.54) is 16.7 Å². The Morgan fingerprint density at radius 1 is 1.08 bits per heavy atom. The smallest absolute Gasteiger partial charge is 0.262 e. The van der Waals surface area contributed by atoms with Gasteiger partial charge in [0.15, 0.2) is 12.4 Å². The van der Waals surface area contributed by atoms with E-state index >= 15 is 0 Å². The Kier molecular flexibility index (Phi) is 13.0. The number of carbonyl (C=O) groups excluding carboxylic acids is 2. The molecule has 6 rings (SSSR count). The predicted octanol–water partition coefficient (Wildman–Crippen LogP) is 3.93. The molecular formula is C40H54N6O6. The number of fused-ring (bicyclic) bond motifs is 1. The van der Waals surface area contributed by atoms with Crippen LogP contribution in [0.15, 0.2) is 54.7 Å². The van der Waals surface area contributed by atoms with Crippen LogP contribution in [-0.4, -0.2) is 116 Å². The summed E-state index contributed by atoms with van der Waals surface area (Å²) in [4.78, 5) is 35.9. The average Bonchev–Trinajstić information content (AvgIpc) is 3.15. The number of ether oxygens (including phenoxy) is 3. The van der Waals surface area contributed by atoms with Gasteiger partial charge in [0.25, 0.3) is 5.91 Å². The van der Waals surface area contributed by atoms with Gasteiger partial charge in [-0.25, -0.2) is 4.98 Å². The lowest BCUT2D eigenvalue weighted by molar-refractivity contribution is -0.132. The molecule has 3 N–H and O–H groups in total. The van der Waals surface area contributed by atoms with Gasteiger partial charge in [0.2, 0.25) is 5.91 Å². The van der Waals surface area contributed by atoms with Crippen LogP contribution in [0.4, 0.5) is 11.5 Å². The molecule has 0 radical (unpaired) electrons. The number of amides is 2. The molecule has 2 aromatic carbocycles. The van der Waals surface area contributed by atoms with E-state index in [0.29, 0.717) is 63.7 Å². The first kappa shape index (κ1) is 37.5. The van der Waals surface area contributed by atoms with E-state index < -0.39 is 0 Å². The number of likely N-dealkylation sites (tertiary alicyclic amines) is 1. The van der Waals surface area contributed by atoms with Crippen molar-refractivity contribution in [2.24, 2.45) is 0 Å². The highest BCUT2D eigenvalue weighted by atomic mass is 16.5. The molecule has 3 aliphatic rings. The molecule has 4 heterocycles. The maximum atomic E-state index is 12.9. The lowest BCUT2D eigenvalue weighted by Crippen LogP contribution is -2.57. The number of benzene rings is 2. The monoisotopic (exact) mass is 714 g/mol. The number of carbonyl (C=O) groups is 2. The summed E-state index contributed by atoms with van der Waals surface area (Å²) < 4.78 is 17.9. The number of aromatic nitrogens is 1. The first-order chi connectivity index (χ1) is 25.3. The number of piperidine rings is 1. The summed E-state index contributed by atoms with van der Waals surface area (Å²) >= 11 is 0. The first-order valence-electron chi connectivity index (χ1n) is 18.8. The summed E-state index contributed by atoms with van der Waals surface area (Å²) in [6, 6.07) is 16.4. The van der Waals surface area contributed by atoms with Crippen molar-refractivity contribution in [3.05, 3.63) is 77.0 Å². The van der Waals surface area contributed by atoms with Crippen molar-refractivity contribution >= 4 is 23.3 Å². The van der Waals surface area contributed by atoms with Crippen molar-refractivity contribution in [3.8, 4) is 11.5 Å². The Balaban J connectivity index is 0.850. The van der Waals surface area contributed by atoms with Crippen molar-refractivity contribution in [2.45, 2.75) is 58.1 Å². The SMILES string of the molecule is CCN(CCNCCc1ccc(O)c2c1OCC(=O)N2)C(=O)CCOCCc1cccc(CN2CCC3(CC2)CN(c2cc(C)ccn2)CCO3)c1. The van der Waals surface area contributed by atoms with Crippen molar-refractivity contribution in [3.63, 3.8) is 0 Å². The zero-order valence-electron chi connectivity index (χ0n) is 30.7. The molecule has 12 nitrogen and oxygen atoms in total. The first-order valence-corrected chi connectivity index (χ1v) is 18.8. The molecule has 2 saturated heterocycles. The minimum absolute atomic E-state index is 0.00711. The molecule has 2 amide bonds. The molecule has 1 aromatic heterocycles. The Labute approximate surface area is 307 Å². The lowest BCUT2D eigenvalue weighted by atomic mass is 9.89. The number of hydrogen-bond donors (Lipinski definition) is 3. The van der Waals surface area contributed by atoms with E-state index in [1.807, 2.05) is 24.1 Å². The molecular weight excluding hydrogens is 660 g/mol. The van der Waals surface area contributed by atoms with Crippen LogP contribution in [0.2, 0.25) is 0 Å². The topological polar surface area (TPSA) is 129 Å². The quantitative estimate of drug-likeness (QED) is 0.148. The summed E-state index contributed by atoms with van der Waals surface area (Å²) in [5, 5.41) is 16.1. The largest absolute Gasteiger partial charge is 0.506 e. The van der Waals surface area contributed by atoms with Crippen molar-refractivity contribution in [1.29, 1.82) is 0 Å². The molecule has 0 aliphatic carbocycles. The van der Waals surface area contributed by atoms with E-state index in [2.05, 4.69) is 62.7 Å². The van der Waals surface area contributed by atoms with Gasteiger partial charge < -0.3 is 39.8 Å². The number of morpholine rings is 1.